The van der Waals surface area contributed by atoms with E-state index in [0.717, 1.165) is 12.6 Å². The monoisotopic (exact) mass is 461 g/mol. The number of aromatic nitrogens is 2. The van der Waals surface area contributed by atoms with Gasteiger partial charge in [0.15, 0.2) is 0 Å². The van der Waals surface area contributed by atoms with E-state index in [1.54, 1.807) is 17.0 Å². The summed E-state index contributed by atoms with van der Waals surface area (Å²) < 4.78 is 40.8. The molecule has 2 heterocycles. The number of carbonyl (C=O) groups is 1. The number of alkyl halides is 3. The second-order valence-electron chi connectivity index (χ2n) is 7.07. The van der Waals surface area contributed by atoms with Crippen LogP contribution >= 0.6 is 23.2 Å². The fraction of sp³-hybridized carbons (Fsp3) is 0.421. The van der Waals surface area contributed by atoms with Crippen molar-refractivity contribution in [2.45, 2.75) is 25.9 Å². The molecule has 11 heteroatoms. The number of benzene rings is 1. The Hall–Kier alpha value is -2.26. The van der Waals surface area contributed by atoms with Crippen LogP contribution in [-0.2, 0) is 11.0 Å². The highest BCUT2D eigenvalue weighted by molar-refractivity contribution is 6.42. The Labute approximate surface area is 181 Å². The molecule has 1 fully saturated rings. The van der Waals surface area contributed by atoms with Gasteiger partial charge in [0.2, 0.25) is 11.9 Å². The van der Waals surface area contributed by atoms with Crippen LogP contribution in [0.15, 0.2) is 24.4 Å². The Balaban J connectivity index is 1.87. The lowest BCUT2D eigenvalue weighted by molar-refractivity contribution is -0.137. The third-order valence-corrected chi connectivity index (χ3v) is 5.45. The molecule has 1 saturated heterocycles. The molecular formula is C19H20Cl2F3N5O. The van der Waals surface area contributed by atoms with Crippen molar-refractivity contribution < 1.29 is 18.0 Å². The molecule has 6 nitrogen and oxygen atoms in total. The van der Waals surface area contributed by atoms with Crippen molar-refractivity contribution >= 4 is 46.6 Å². The normalized spacial score (nSPS) is 17.0. The fourth-order valence-electron chi connectivity index (χ4n) is 3.29. The van der Waals surface area contributed by atoms with E-state index >= 15 is 0 Å². The third-order valence-electron chi connectivity index (χ3n) is 4.71. The molecule has 0 bridgehead atoms. The van der Waals surface area contributed by atoms with Crippen LogP contribution < -0.4 is 15.5 Å². The summed E-state index contributed by atoms with van der Waals surface area (Å²) in [6, 6.07) is 4.72. The zero-order chi connectivity index (χ0) is 21.9. The van der Waals surface area contributed by atoms with Gasteiger partial charge in [-0.15, -0.1) is 0 Å². The smallest absolute Gasteiger partial charge is 0.356 e. The van der Waals surface area contributed by atoms with Gasteiger partial charge in [0, 0.05) is 38.4 Å². The molecule has 1 aromatic heterocycles. The van der Waals surface area contributed by atoms with Gasteiger partial charge in [-0.2, -0.15) is 18.2 Å². The molecule has 2 aromatic rings. The van der Waals surface area contributed by atoms with Crippen LogP contribution in [0.25, 0.3) is 0 Å². The summed E-state index contributed by atoms with van der Waals surface area (Å²) in [7, 11) is 0. The second kappa shape index (κ2) is 9.26. The fourth-order valence-corrected chi connectivity index (χ4v) is 3.59. The number of nitrogens with one attached hydrogen (secondary N) is 2. The Kier molecular flexibility index (Phi) is 6.92. The molecule has 3 rings (SSSR count). The van der Waals surface area contributed by atoms with Gasteiger partial charge in [-0.1, -0.05) is 23.2 Å². The minimum Gasteiger partial charge on any atom is -0.356 e. The highest BCUT2D eigenvalue weighted by Gasteiger charge is 2.37. The minimum absolute atomic E-state index is 0.0142. The molecule has 1 unspecified atom stereocenters. The molecule has 1 aliphatic rings. The van der Waals surface area contributed by atoms with Gasteiger partial charge in [-0.25, -0.2) is 4.98 Å². The Morgan fingerprint density at radius 3 is 2.73 bits per heavy atom. The van der Waals surface area contributed by atoms with E-state index in [1.807, 2.05) is 0 Å². The van der Waals surface area contributed by atoms with Crippen LogP contribution in [0.4, 0.5) is 30.6 Å². The van der Waals surface area contributed by atoms with Crippen molar-refractivity contribution in [3.8, 4) is 0 Å². The van der Waals surface area contributed by atoms with E-state index in [1.165, 1.54) is 13.0 Å². The van der Waals surface area contributed by atoms with Crippen molar-refractivity contribution in [2.24, 2.45) is 5.92 Å². The van der Waals surface area contributed by atoms with Crippen LogP contribution in [0, 0.1) is 5.92 Å². The number of amides is 1. The van der Waals surface area contributed by atoms with Gasteiger partial charge >= 0.3 is 6.18 Å². The summed E-state index contributed by atoms with van der Waals surface area (Å²) in [6.45, 7) is 2.61. The number of halogens is 5. The van der Waals surface area contributed by atoms with Crippen molar-refractivity contribution in [1.82, 2.24) is 15.3 Å². The summed E-state index contributed by atoms with van der Waals surface area (Å²) in [6.07, 6.45) is -2.31. The average Bonchev–Trinajstić information content (AvgIpc) is 2.68. The van der Waals surface area contributed by atoms with E-state index in [0.29, 0.717) is 41.8 Å². The molecule has 0 saturated carbocycles. The maximum Gasteiger partial charge on any atom is 0.421 e. The van der Waals surface area contributed by atoms with Gasteiger partial charge in [0.25, 0.3) is 0 Å². The minimum atomic E-state index is -4.60. The number of hydrogen-bond acceptors (Lipinski definition) is 5. The van der Waals surface area contributed by atoms with Crippen LogP contribution in [0.5, 0.6) is 0 Å². The van der Waals surface area contributed by atoms with Gasteiger partial charge in [0.05, 0.1) is 10.0 Å². The molecule has 0 radical (unpaired) electrons. The second-order valence-corrected chi connectivity index (χ2v) is 7.89. The zero-order valence-electron chi connectivity index (χ0n) is 16.1. The van der Waals surface area contributed by atoms with E-state index in [9.17, 15) is 18.0 Å². The molecule has 1 atom stereocenters. The SMILES string of the molecule is CC(=O)NCC1CCCN(c2nc(Nc3ccc(Cl)c(Cl)c3)ncc2C(F)(F)F)C1. The largest absolute Gasteiger partial charge is 0.421 e. The number of rotatable bonds is 5. The first kappa shape index (κ1) is 22.4. The van der Waals surface area contributed by atoms with E-state index in [2.05, 4.69) is 20.6 Å². The molecule has 30 heavy (non-hydrogen) atoms. The van der Waals surface area contributed by atoms with Gasteiger partial charge in [-0.3, -0.25) is 4.79 Å². The predicted octanol–water partition coefficient (Wildman–Crippen LogP) is 4.90. The average molecular weight is 462 g/mol. The molecular weight excluding hydrogens is 442 g/mol. The first-order valence-electron chi connectivity index (χ1n) is 9.29. The molecule has 2 N–H and O–H groups in total. The number of piperidine rings is 1. The highest BCUT2D eigenvalue weighted by atomic mass is 35.5. The van der Waals surface area contributed by atoms with E-state index in [4.69, 9.17) is 23.2 Å². The number of nitrogens with zero attached hydrogens (tertiary/aromatic N) is 3. The lowest BCUT2D eigenvalue weighted by Gasteiger charge is -2.35. The first-order chi connectivity index (χ1) is 14.1. The highest BCUT2D eigenvalue weighted by Crippen LogP contribution is 2.37. The van der Waals surface area contributed by atoms with Crippen molar-refractivity contribution in [3.63, 3.8) is 0 Å². The molecule has 1 aliphatic heterocycles. The number of anilines is 3. The van der Waals surface area contributed by atoms with Crippen molar-refractivity contribution in [3.05, 3.63) is 40.0 Å². The maximum absolute atomic E-state index is 13.6. The zero-order valence-corrected chi connectivity index (χ0v) is 17.6. The van der Waals surface area contributed by atoms with Gasteiger partial charge in [0.1, 0.15) is 11.4 Å². The summed E-state index contributed by atoms with van der Waals surface area (Å²) in [5.74, 6) is -0.309. The molecule has 1 aromatic carbocycles. The Morgan fingerprint density at radius 1 is 1.30 bits per heavy atom. The molecule has 162 valence electrons. The third kappa shape index (κ3) is 5.66. The van der Waals surface area contributed by atoms with Crippen LogP contribution in [0.3, 0.4) is 0 Å². The predicted molar refractivity (Wildman–Crippen MR) is 110 cm³/mol. The molecule has 1 amide bonds. The van der Waals surface area contributed by atoms with Crippen molar-refractivity contribution in [2.75, 3.05) is 29.9 Å². The summed E-state index contributed by atoms with van der Waals surface area (Å²) in [5.41, 5.74) is -0.403. The summed E-state index contributed by atoms with van der Waals surface area (Å²) in [5, 5.41) is 6.25. The topological polar surface area (TPSA) is 70.2 Å². The standard InChI is InChI=1S/C19H20Cl2F3N5O/c1-11(30)25-8-12-3-2-6-29(10-12)17-14(19(22,23)24)9-26-18(28-17)27-13-4-5-15(20)16(21)7-13/h4-5,7,9,12H,2-3,6,8,10H2,1H3,(H,25,30)(H,26,27,28). The van der Waals surface area contributed by atoms with Gasteiger partial charge in [-0.05, 0) is 37.0 Å². The lowest BCUT2D eigenvalue weighted by atomic mass is 9.97. The first-order valence-corrected chi connectivity index (χ1v) is 10.0. The molecule has 0 spiro atoms. The summed E-state index contributed by atoms with van der Waals surface area (Å²) in [4.78, 5) is 20.7. The number of carbonyl (C=O) groups excluding carboxylic acids is 1. The van der Waals surface area contributed by atoms with Gasteiger partial charge < -0.3 is 15.5 Å². The summed E-state index contributed by atoms with van der Waals surface area (Å²) >= 11 is 11.9. The Morgan fingerprint density at radius 2 is 2.07 bits per heavy atom. The maximum atomic E-state index is 13.6. The van der Waals surface area contributed by atoms with Crippen LogP contribution in [-0.4, -0.2) is 35.5 Å². The van der Waals surface area contributed by atoms with E-state index < -0.39 is 11.7 Å². The Bertz CT molecular complexity index is 926. The van der Waals surface area contributed by atoms with Crippen LogP contribution in [0.1, 0.15) is 25.3 Å². The quantitative estimate of drug-likeness (QED) is 0.662. The van der Waals surface area contributed by atoms with Crippen LogP contribution in [0.2, 0.25) is 10.0 Å². The van der Waals surface area contributed by atoms with Crippen molar-refractivity contribution in [1.29, 1.82) is 0 Å². The van der Waals surface area contributed by atoms with E-state index in [-0.39, 0.29) is 23.6 Å². The number of hydrogen-bond donors (Lipinski definition) is 2. The molecule has 0 aliphatic carbocycles. The lowest BCUT2D eigenvalue weighted by Crippen LogP contribution is -2.41.